The van der Waals surface area contributed by atoms with Crippen LogP contribution in [0.3, 0.4) is 0 Å². The third-order valence-corrected chi connectivity index (χ3v) is 5.77. The quantitative estimate of drug-likeness (QED) is 0.635. The summed E-state index contributed by atoms with van der Waals surface area (Å²) in [6, 6.07) is 0. The maximum absolute atomic E-state index is 12.1. The van der Waals surface area contributed by atoms with Crippen LogP contribution in [0, 0.1) is 17.3 Å². The summed E-state index contributed by atoms with van der Waals surface area (Å²) in [6.45, 7) is 15.2. The second kappa shape index (κ2) is 7.02. The van der Waals surface area contributed by atoms with Gasteiger partial charge in [-0.05, 0) is 54.9 Å². The van der Waals surface area contributed by atoms with Gasteiger partial charge in [0.15, 0.2) is 0 Å². The highest BCUT2D eigenvalue weighted by Crippen LogP contribution is 2.45. The molecule has 0 bridgehead atoms. The molecule has 0 aromatic carbocycles. The molecule has 1 heterocycles. The van der Waals surface area contributed by atoms with Gasteiger partial charge in [-0.3, -0.25) is 4.79 Å². The van der Waals surface area contributed by atoms with Crippen LogP contribution in [0.2, 0.25) is 0 Å². The third kappa shape index (κ3) is 4.02. The fourth-order valence-electron chi connectivity index (χ4n) is 4.04. The highest BCUT2D eigenvalue weighted by atomic mass is 16.2. The van der Waals surface area contributed by atoms with E-state index in [9.17, 15) is 4.79 Å². The monoisotopic (exact) mass is 303 g/mol. The smallest absolute Gasteiger partial charge is 0.246 e. The predicted octanol–water partition coefficient (Wildman–Crippen LogP) is 4.96. The van der Waals surface area contributed by atoms with Crippen molar-refractivity contribution in [2.75, 3.05) is 13.1 Å². The van der Waals surface area contributed by atoms with Crippen molar-refractivity contribution in [3.63, 3.8) is 0 Å². The van der Waals surface area contributed by atoms with E-state index in [0.717, 1.165) is 32.4 Å². The lowest BCUT2D eigenvalue weighted by molar-refractivity contribution is -0.125. The standard InChI is InChI=1S/C20H33NO/c1-6-15(2)13-21-14-17(12-19(21)22)9-10-18-16(3)8-7-11-20(18,4)5/h12,15,18H,3,6-11,13-14H2,1-2,4-5H3/t15?,18-/m1/s1. The van der Waals surface area contributed by atoms with Gasteiger partial charge in [0.05, 0.1) is 0 Å². The first-order valence-electron chi connectivity index (χ1n) is 8.99. The van der Waals surface area contributed by atoms with E-state index in [4.69, 9.17) is 0 Å². The summed E-state index contributed by atoms with van der Waals surface area (Å²) < 4.78 is 0. The lowest BCUT2D eigenvalue weighted by Crippen LogP contribution is -2.31. The second-order valence-electron chi connectivity index (χ2n) is 8.13. The van der Waals surface area contributed by atoms with E-state index in [1.165, 1.54) is 30.4 Å². The minimum atomic E-state index is 0.219. The van der Waals surface area contributed by atoms with Crippen LogP contribution in [0.5, 0.6) is 0 Å². The largest absolute Gasteiger partial charge is 0.335 e. The number of nitrogens with zero attached hydrogens (tertiary/aromatic N) is 1. The van der Waals surface area contributed by atoms with Crippen molar-refractivity contribution in [1.82, 2.24) is 4.90 Å². The van der Waals surface area contributed by atoms with Crippen LogP contribution in [0.4, 0.5) is 0 Å². The normalized spacial score (nSPS) is 26.3. The molecule has 22 heavy (non-hydrogen) atoms. The molecule has 0 saturated heterocycles. The van der Waals surface area contributed by atoms with Crippen LogP contribution in [-0.4, -0.2) is 23.9 Å². The number of carbonyl (C=O) groups excluding carboxylic acids is 1. The summed E-state index contributed by atoms with van der Waals surface area (Å²) in [7, 11) is 0. The van der Waals surface area contributed by atoms with Crippen LogP contribution >= 0.6 is 0 Å². The van der Waals surface area contributed by atoms with Crippen LogP contribution in [0.15, 0.2) is 23.8 Å². The average molecular weight is 303 g/mol. The highest BCUT2D eigenvalue weighted by molar-refractivity contribution is 5.91. The zero-order valence-electron chi connectivity index (χ0n) is 15.0. The molecule has 1 aliphatic heterocycles. The van der Waals surface area contributed by atoms with Gasteiger partial charge in [0, 0.05) is 19.2 Å². The van der Waals surface area contributed by atoms with Crippen molar-refractivity contribution >= 4 is 5.91 Å². The molecule has 0 aromatic rings. The number of hydrogen-bond donors (Lipinski definition) is 0. The van der Waals surface area contributed by atoms with E-state index in [0.29, 0.717) is 17.3 Å². The lowest BCUT2D eigenvalue weighted by Gasteiger charge is -2.40. The number of rotatable bonds is 6. The van der Waals surface area contributed by atoms with Gasteiger partial charge in [0.2, 0.25) is 5.91 Å². The summed E-state index contributed by atoms with van der Waals surface area (Å²) in [5, 5.41) is 0. The van der Waals surface area contributed by atoms with E-state index >= 15 is 0 Å². The fraction of sp³-hybridized carbons (Fsp3) is 0.750. The molecule has 124 valence electrons. The third-order valence-electron chi connectivity index (χ3n) is 5.77. The second-order valence-corrected chi connectivity index (χ2v) is 8.13. The maximum Gasteiger partial charge on any atom is 0.246 e. The average Bonchev–Trinajstić information content (AvgIpc) is 2.77. The summed E-state index contributed by atoms with van der Waals surface area (Å²) in [6.07, 6.45) is 9.00. The number of carbonyl (C=O) groups is 1. The zero-order valence-corrected chi connectivity index (χ0v) is 15.0. The van der Waals surface area contributed by atoms with E-state index in [1.54, 1.807) is 0 Å². The molecule has 1 saturated carbocycles. The van der Waals surface area contributed by atoms with Gasteiger partial charge in [-0.1, -0.05) is 46.3 Å². The van der Waals surface area contributed by atoms with Crippen LogP contribution < -0.4 is 0 Å². The van der Waals surface area contributed by atoms with Crippen molar-refractivity contribution in [3.05, 3.63) is 23.8 Å². The van der Waals surface area contributed by atoms with E-state index in [1.807, 2.05) is 11.0 Å². The summed E-state index contributed by atoms with van der Waals surface area (Å²) >= 11 is 0. The molecule has 0 spiro atoms. The Morgan fingerprint density at radius 3 is 2.82 bits per heavy atom. The molecule has 1 amide bonds. The Bertz CT molecular complexity index is 460. The molecule has 2 nitrogen and oxygen atoms in total. The van der Waals surface area contributed by atoms with Gasteiger partial charge in [-0.25, -0.2) is 0 Å². The molecule has 0 N–H and O–H groups in total. The molecule has 2 rings (SSSR count). The molecule has 2 heteroatoms. The first-order valence-corrected chi connectivity index (χ1v) is 8.99. The molecule has 2 atom stereocenters. The molecule has 2 aliphatic rings. The minimum Gasteiger partial charge on any atom is -0.335 e. The Labute approximate surface area is 136 Å². The highest BCUT2D eigenvalue weighted by Gasteiger charge is 2.34. The maximum atomic E-state index is 12.1. The van der Waals surface area contributed by atoms with Crippen LogP contribution in [0.1, 0.15) is 66.2 Å². The number of allylic oxidation sites excluding steroid dienone is 1. The van der Waals surface area contributed by atoms with E-state index in [2.05, 4.69) is 34.3 Å². The molecule has 1 fully saturated rings. The van der Waals surface area contributed by atoms with Gasteiger partial charge in [0.25, 0.3) is 0 Å². The molecule has 1 aliphatic carbocycles. The van der Waals surface area contributed by atoms with E-state index < -0.39 is 0 Å². The first kappa shape index (κ1) is 17.3. The first-order chi connectivity index (χ1) is 10.3. The molecular weight excluding hydrogens is 270 g/mol. The zero-order chi connectivity index (χ0) is 16.3. The molecule has 0 radical (unpaired) electrons. The topological polar surface area (TPSA) is 20.3 Å². The van der Waals surface area contributed by atoms with Gasteiger partial charge >= 0.3 is 0 Å². The van der Waals surface area contributed by atoms with E-state index in [-0.39, 0.29) is 5.91 Å². The minimum absolute atomic E-state index is 0.219. The number of hydrogen-bond acceptors (Lipinski definition) is 1. The van der Waals surface area contributed by atoms with Crippen molar-refractivity contribution in [2.24, 2.45) is 17.3 Å². The molecular formula is C20H33NO. The molecule has 0 aromatic heterocycles. The predicted molar refractivity (Wildman–Crippen MR) is 93.6 cm³/mol. The number of amides is 1. The summed E-state index contributed by atoms with van der Waals surface area (Å²) in [5.41, 5.74) is 3.12. The molecule has 1 unspecified atom stereocenters. The Balaban J connectivity index is 1.88. The fourth-order valence-corrected chi connectivity index (χ4v) is 4.04. The van der Waals surface area contributed by atoms with Gasteiger partial charge in [-0.2, -0.15) is 0 Å². The SMILES string of the molecule is C=C1CCCC(C)(C)[C@@H]1CCC1=CC(=O)N(CC(C)CC)C1. The van der Waals surface area contributed by atoms with Crippen molar-refractivity contribution in [3.8, 4) is 0 Å². The Morgan fingerprint density at radius 1 is 1.45 bits per heavy atom. The summed E-state index contributed by atoms with van der Waals surface area (Å²) in [4.78, 5) is 14.1. The van der Waals surface area contributed by atoms with Crippen molar-refractivity contribution in [1.29, 1.82) is 0 Å². The van der Waals surface area contributed by atoms with Crippen molar-refractivity contribution in [2.45, 2.75) is 66.2 Å². The lowest BCUT2D eigenvalue weighted by atomic mass is 9.65. The van der Waals surface area contributed by atoms with Crippen LogP contribution in [0.25, 0.3) is 0 Å². The van der Waals surface area contributed by atoms with Crippen LogP contribution in [-0.2, 0) is 4.79 Å². The van der Waals surface area contributed by atoms with Crippen molar-refractivity contribution < 1.29 is 4.79 Å². The Morgan fingerprint density at radius 2 is 2.18 bits per heavy atom. The van der Waals surface area contributed by atoms with Gasteiger partial charge in [-0.15, -0.1) is 0 Å². The van der Waals surface area contributed by atoms with Gasteiger partial charge in [0.1, 0.15) is 0 Å². The summed E-state index contributed by atoms with van der Waals surface area (Å²) in [5.74, 6) is 1.42. The van der Waals surface area contributed by atoms with Gasteiger partial charge < -0.3 is 4.90 Å². The Hall–Kier alpha value is -1.05. The Kier molecular flexibility index (Phi) is 5.52.